The molecule has 2 heterocycles. The number of hydrogen-bond acceptors (Lipinski definition) is 4. The fourth-order valence-electron chi connectivity index (χ4n) is 2.08. The van der Waals surface area contributed by atoms with Crippen molar-refractivity contribution in [1.29, 1.82) is 0 Å². The van der Waals surface area contributed by atoms with Crippen LogP contribution in [0.25, 0.3) is 17.1 Å². The zero-order valence-electron chi connectivity index (χ0n) is 11.4. The van der Waals surface area contributed by atoms with Gasteiger partial charge in [-0.1, -0.05) is 28.1 Å². The third kappa shape index (κ3) is 2.91. The lowest BCUT2D eigenvalue weighted by molar-refractivity contribution is -0.140. The molecule has 0 amide bonds. The van der Waals surface area contributed by atoms with E-state index in [-0.39, 0.29) is 17.3 Å². The van der Waals surface area contributed by atoms with Crippen LogP contribution in [0.2, 0.25) is 0 Å². The summed E-state index contributed by atoms with van der Waals surface area (Å²) in [5, 5.41) is 3.58. The van der Waals surface area contributed by atoms with Gasteiger partial charge in [-0.25, -0.2) is 9.97 Å². The van der Waals surface area contributed by atoms with E-state index in [1.54, 1.807) is 18.2 Å². The van der Waals surface area contributed by atoms with Crippen molar-refractivity contribution in [3.05, 3.63) is 52.9 Å². The quantitative estimate of drug-likeness (QED) is 0.732. The lowest BCUT2D eigenvalue weighted by Gasteiger charge is -2.07. The third-order valence-electron chi connectivity index (χ3n) is 3.06. The van der Waals surface area contributed by atoms with E-state index in [4.69, 9.17) is 5.73 Å². The van der Waals surface area contributed by atoms with Crippen LogP contribution < -0.4 is 5.73 Å². The first kappa shape index (κ1) is 15.5. The number of benzene rings is 1. The van der Waals surface area contributed by atoms with Gasteiger partial charge in [0.15, 0.2) is 5.69 Å². The van der Waals surface area contributed by atoms with E-state index < -0.39 is 11.9 Å². The van der Waals surface area contributed by atoms with Gasteiger partial charge >= 0.3 is 6.18 Å². The molecule has 0 spiro atoms. The maximum Gasteiger partial charge on any atom is 0.435 e. The van der Waals surface area contributed by atoms with Gasteiger partial charge in [0.05, 0.1) is 5.56 Å². The summed E-state index contributed by atoms with van der Waals surface area (Å²) in [6.07, 6.45) is -1.86. The van der Waals surface area contributed by atoms with Gasteiger partial charge in [-0.15, -0.1) is 0 Å². The highest BCUT2D eigenvalue weighted by molar-refractivity contribution is 9.10. The molecule has 0 bridgehead atoms. The Bertz CT molecular complexity index is 828. The average Bonchev–Trinajstić information content (AvgIpc) is 2.87. The van der Waals surface area contributed by atoms with E-state index in [2.05, 4.69) is 31.0 Å². The second kappa shape index (κ2) is 5.65. The van der Waals surface area contributed by atoms with Crippen molar-refractivity contribution in [2.75, 3.05) is 5.73 Å². The Morgan fingerprint density at radius 2 is 1.65 bits per heavy atom. The molecule has 0 saturated carbocycles. The molecule has 0 aliphatic rings. The van der Waals surface area contributed by atoms with Crippen molar-refractivity contribution < 1.29 is 13.2 Å². The number of anilines is 1. The molecule has 0 aliphatic heterocycles. The van der Waals surface area contributed by atoms with E-state index in [0.29, 0.717) is 5.56 Å². The minimum atomic E-state index is -4.66. The van der Waals surface area contributed by atoms with E-state index in [9.17, 15) is 13.2 Å². The van der Waals surface area contributed by atoms with Crippen molar-refractivity contribution in [2.24, 2.45) is 0 Å². The maximum atomic E-state index is 13.3. The predicted molar refractivity (Wildman–Crippen MR) is 81.7 cm³/mol. The summed E-state index contributed by atoms with van der Waals surface area (Å²) in [6, 6.07) is 7.87. The smallest absolute Gasteiger partial charge is 0.383 e. The number of nitrogens with zero attached hydrogens (tertiary/aromatic N) is 4. The Hall–Kier alpha value is -2.42. The molecule has 2 N–H and O–H groups in total. The van der Waals surface area contributed by atoms with Crippen LogP contribution in [0, 0.1) is 0 Å². The molecule has 23 heavy (non-hydrogen) atoms. The molecule has 3 aromatic rings. The van der Waals surface area contributed by atoms with Gasteiger partial charge in [-0.2, -0.15) is 23.0 Å². The zero-order chi connectivity index (χ0) is 16.6. The fraction of sp³-hybridized carbons (Fsp3) is 0.0714. The van der Waals surface area contributed by atoms with Crippen LogP contribution in [0.15, 0.2) is 47.2 Å². The van der Waals surface area contributed by atoms with Crippen molar-refractivity contribution in [2.45, 2.75) is 6.18 Å². The Kier molecular flexibility index (Phi) is 3.80. The molecular weight excluding hydrogens is 375 g/mol. The van der Waals surface area contributed by atoms with Gasteiger partial charge in [0.1, 0.15) is 5.82 Å². The molecule has 1 aromatic carbocycles. The Morgan fingerprint density at radius 1 is 1.04 bits per heavy atom. The normalized spacial score (nSPS) is 11.7. The SMILES string of the molecule is Nc1c(-c2ccc(Br)cc2)c(C(F)(F)F)nn1-c1ncccn1. The minimum absolute atomic E-state index is 0.0288. The number of rotatable bonds is 2. The highest BCUT2D eigenvalue weighted by Crippen LogP contribution is 2.40. The monoisotopic (exact) mass is 383 g/mol. The van der Waals surface area contributed by atoms with Crippen LogP contribution in [-0.4, -0.2) is 19.7 Å². The number of aromatic nitrogens is 4. The Morgan fingerprint density at radius 3 is 2.22 bits per heavy atom. The van der Waals surface area contributed by atoms with Crippen molar-refractivity contribution in [3.8, 4) is 17.1 Å². The number of halogens is 4. The molecule has 9 heteroatoms. The molecule has 0 unspecified atom stereocenters. The molecular formula is C14H9BrF3N5. The average molecular weight is 384 g/mol. The Balaban J connectivity index is 2.25. The molecule has 118 valence electrons. The predicted octanol–water partition coefficient (Wildman–Crippen LogP) is 3.69. The third-order valence-corrected chi connectivity index (χ3v) is 3.59. The van der Waals surface area contributed by atoms with Crippen LogP contribution in [0.1, 0.15) is 5.69 Å². The van der Waals surface area contributed by atoms with Gasteiger partial charge in [0.25, 0.3) is 5.95 Å². The largest absolute Gasteiger partial charge is 0.435 e. The van der Waals surface area contributed by atoms with Gasteiger partial charge in [-0.3, -0.25) is 0 Å². The van der Waals surface area contributed by atoms with Crippen LogP contribution >= 0.6 is 15.9 Å². The van der Waals surface area contributed by atoms with E-state index in [1.165, 1.54) is 24.5 Å². The number of nitrogens with two attached hydrogens (primary N) is 1. The molecule has 0 radical (unpaired) electrons. The molecule has 0 fully saturated rings. The Labute approximate surface area is 137 Å². The van der Waals surface area contributed by atoms with Crippen LogP contribution in [0.5, 0.6) is 0 Å². The first-order valence-electron chi connectivity index (χ1n) is 6.37. The summed E-state index contributed by atoms with van der Waals surface area (Å²) in [4.78, 5) is 7.78. The molecule has 3 rings (SSSR count). The maximum absolute atomic E-state index is 13.3. The highest BCUT2D eigenvalue weighted by atomic mass is 79.9. The molecule has 0 saturated heterocycles. The lowest BCUT2D eigenvalue weighted by atomic mass is 10.1. The first-order valence-corrected chi connectivity index (χ1v) is 7.16. The van der Waals surface area contributed by atoms with Crippen molar-refractivity contribution in [3.63, 3.8) is 0 Å². The number of hydrogen-bond donors (Lipinski definition) is 1. The van der Waals surface area contributed by atoms with Gasteiger partial charge in [0, 0.05) is 16.9 Å². The molecule has 0 atom stereocenters. The second-order valence-electron chi connectivity index (χ2n) is 4.57. The van der Waals surface area contributed by atoms with E-state index in [1.807, 2.05) is 0 Å². The van der Waals surface area contributed by atoms with E-state index in [0.717, 1.165) is 9.15 Å². The van der Waals surface area contributed by atoms with Gasteiger partial charge < -0.3 is 5.73 Å². The fourth-order valence-corrected chi connectivity index (χ4v) is 2.35. The second-order valence-corrected chi connectivity index (χ2v) is 5.49. The summed E-state index contributed by atoms with van der Waals surface area (Å²) in [7, 11) is 0. The van der Waals surface area contributed by atoms with Crippen LogP contribution in [-0.2, 0) is 6.18 Å². The lowest BCUT2D eigenvalue weighted by Crippen LogP contribution is -2.09. The standard InChI is InChI=1S/C14H9BrF3N5/c15-9-4-2-8(3-5-9)10-11(14(16,17)18)22-23(12(10)19)13-20-6-1-7-21-13/h1-7H,19H2. The summed E-state index contributed by atoms with van der Waals surface area (Å²) < 4.78 is 41.7. The zero-order valence-corrected chi connectivity index (χ0v) is 13.0. The highest BCUT2D eigenvalue weighted by Gasteiger charge is 2.39. The van der Waals surface area contributed by atoms with Gasteiger partial charge in [0.2, 0.25) is 0 Å². The molecule has 2 aromatic heterocycles. The molecule has 5 nitrogen and oxygen atoms in total. The van der Waals surface area contributed by atoms with E-state index >= 15 is 0 Å². The summed E-state index contributed by atoms with van der Waals surface area (Å²) in [6.45, 7) is 0. The van der Waals surface area contributed by atoms with Gasteiger partial charge in [-0.05, 0) is 23.8 Å². The number of nitrogen functional groups attached to an aromatic ring is 1. The van der Waals surface area contributed by atoms with Crippen LogP contribution in [0.4, 0.5) is 19.0 Å². The molecule has 0 aliphatic carbocycles. The topological polar surface area (TPSA) is 69.6 Å². The van der Waals surface area contributed by atoms with Crippen LogP contribution in [0.3, 0.4) is 0 Å². The van der Waals surface area contributed by atoms with Crippen molar-refractivity contribution in [1.82, 2.24) is 19.7 Å². The number of alkyl halides is 3. The summed E-state index contributed by atoms with van der Waals surface area (Å²) in [5.74, 6) is -0.204. The summed E-state index contributed by atoms with van der Waals surface area (Å²) in [5.41, 5.74) is 4.94. The first-order chi connectivity index (χ1) is 10.9. The van der Waals surface area contributed by atoms with Crippen molar-refractivity contribution >= 4 is 21.7 Å². The summed E-state index contributed by atoms with van der Waals surface area (Å²) >= 11 is 3.24. The minimum Gasteiger partial charge on any atom is -0.383 e.